The maximum absolute atomic E-state index is 11.4. The molecule has 2 aliphatic rings. The number of nitriles is 1. The van der Waals surface area contributed by atoms with E-state index in [-0.39, 0.29) is 11.8 Å². The molecule has 1 saturated heterocycles. The Kier molecular flexibility index (Phi) is 5.31. The van der Waals surface area contributed by atoms with Gasteiger partial charge in [-0.25, -0.2) is 0 Å². The topological polar surface area (TPSA) is 114 Å². The number of phenolic OH excluding ortho intramolecular Hbond substituents is 1. The van der Waals surface area contributed by atoms with Gasteiger partial charge >= 0.3 is 5.97 Å². The smallest absolute Gasteiger partial charge is 0.320 e. The molecular weight excluding hydrogens is 382 g/mol. The Morgan fingerprint density at radius 1 is 1.27 bits per heavy atom. The van der Waals surface area contributed by atoms with E-state index in [9.17, 15) is 15.0 Å². The van der Waals surface area contributed by atoms with E-state index in [1.165, 1.54) is 6.07 Å². The fourth-order valence-corrected chi connectivity index (χ4v) is 4.73. The van der Waals surface area contributed by atoms with Gasteiger partial charge in [0.25, 0.3) is 0 Å². The summed E-state index contributed by atoms with van der Waals surface area (Å²) in [5.41, 5.74) is 3.47. The predicted octanol–water partition coefficient (Wildman–Crippen LogP) is 2.33. The Morgan fingerprint density at radius 2 is 2.07 bits per heavy atom. The molecule has 2 atom stereocenters. The average Bonchev–Trinajstić information content (AvgIpc) is 2.72. The number of piperidine rings is 1. The predicted molar refractivity (Wildman–Crippen MR) is 111 cm³/mol. The lowest BCUT2D eigenvalue weighted by Crippen LogP contribution is -2.54. The van der Waals surface area contributed by atoms with E-state index in [4.69, 9.17) is 5.26 Å². The van der Waals surface area contributed by atoms with Gasteiger partial charge in [0.1, 0.15) is 11.8 Å². The van der Waals surface area contributed by atoms with Crippen LogP contribution in [0.4, 0.5) is 5.82 Å². The number of likely N-dealkylation sites (tertiary alicyclic amines) is 1. The molecule has 0 unspecified atom stereocenters. The number of nitrogens with zero attached hydrogens (tertiary/aromatic N) is 5. The van der Waals surface area contributed by atoms with Crippen molar-refractivity contribution >= 4 is 11.8 Å². The lowest BCUT2D eigenvalue weighted by molar-refractivity contribution is -0.144. The number of likely N-dealkylation sites (N-methyl/N-ethyl adjacent to an activating group) is 1. The van der Waals surface area contributed by atoms with Crippen LogP contribution in [0.1, 0.15) is 36.0 Å². The molecule has 0 saturated carbocycles. The van der Waals surface area contributed by atoms with Gasteiger partial charge in [-0.1, -0.05) is 0 Å². The molecule has 1 fully saturated rings. The lowest BCUT2D eigenvalue weighted by Gasteiger charge is -2.43. The molecule has 0 amide bonds. The second kappa shape index (κ2) is 7.92. The number of rotatable bonds is 3. The van der Waals surface area contributed by atoms with Gasteiger partial charge in [-0.15, -0.1) is 10.2 Å². The van der Waals surface area contributed by atoms with E-state index in [1.807, 2.05) is 31.0 Å². The number of hydrogen-bond donors (Lipinski definition) is 2. The van der Waals surface area contributed by atoms with Crippen LogP contribution in [-0.4, -0.2) is 63.5 Å². The zero-order valence-corrected chi connectivity index (χ0v) is 17.2. The first-order valence-corrected chi connectivity index (χ1v) is 10.2. The van der Waals surface area contributed by atoms with Gasteiger partial charge in [0, 0.05) is 24.7 Å². The van der Waals surface area contributed by atoms with E-state index < -0.39 is 12.0 Å². The van der Waals surface area contributed by atoms with Crippen molar-refractivity contribution in [3.8, 4) is 23.1 Å². The number of benzene rings is 1. The van der Waals surface area contributed by atoms with Crippen LogP contribution >= 0.6 is 0 Å². The summed E-state index contributed by atoms with van der Waals surface area (Å²) in [6.45, 7) is 3.40. The Labute approximate surface area is 175 Å². The van der Waals surface area contributed by atoms with Crippen molar-refractivity contribution in [1.29, 1.82) is 5.26 Å². The first kappa shape index (κ1) is 20.1. The fourth-order valence-electron chi connectivity index (χ4n) is 4.73. The van der Waals surface area contributed by atoms with Gasteiger partial charge in [0.05, 0.1) is 17.3 Å². The molecule has 0 radical (unpaired) electrons. The number of anilines is 1. The summed E-state index contributed by atoms with van der Waals surface area (Å²) in [5.74, 6) is 0.113. The summed E-state index contributed by atoms with van der Waals surface area (Å²) in [7, 11) is 1.86. The number of carbonyl (C=O) groups is 1. The van der Waals surface area contributed by atoms with Crippen LogP contribution in [0, 0.1) is 18.3 Å². The highest BCUT2D eigenvalue weighted by Crippen LogP contribution is 2.36. The third-order valence-electron chi connectivity index (χ3n) is 6.20. The summed E-state index contributed by atoms with van der Waals surface area (Å²) >= 11 is 0. The quantitative estimate of drug-likeness (QED) is 0.797. The molecule has 156 valence electrons. The normalized spacial score (nSPS) is 21.7. The number of aromatic nitrogens is 2. The van der Waals surface area contributed by atoms with Crippen LogP contribution in [0.2, 0.25) is 0 Å². The molecule has 1 aromatic carbocycles. The number of phenols is 1. The van der Waals surface area contributed by atoms with Gasteiger partial charge in [0.2, 0.25) is 0 Å². The molecule has 4 rings (SSSR count). The van der Waals surface area contributed by atoms with Gasteiger partial charge in [-0.3, -0.25) is 9.69 Å². The molecule has 1 aromatic heterocycles. The number of hydrogen-bond acceptors (Lipinski definition) is 7. The van der Waals surface area contributed by atoms with Crippen molar-refractivity contribution in [3.05, 3.63) is 34.9 Å². The molecule has 2 N–H and O–H groups in total. The zero-order chi connectivity index (χ0) is 21.4. The van der Waals surface area contributed by atoms with Crippen molar-refractivity contribution in [2.75, 3.05) is 25.0 Å². The Balaban J connectivity index is 1.63. The van der Waals surface area contributed by atoms with Crippen LogP contribution < -0.4 is 4.90 Å². The average molecular weight is 407 g/mol. The molecule has 2 aliphatic heterocycles. The van der Waals surface area contributed by atoms with Gasteiger partial charge in [0.15, 0.2) is 5.82 Å². The summed E-state index contributed by atoms with van der Waals surface area (Å²) in [4.78, 5) is 15.6. The van der Waals surface area contributed by atoms with Crippen LogP contribution in [0.3, 0.4) is 0 Å². The maximum atomic E-state index is 11.4. The molecule has 3 heterocycles. The van der Waals surface area contributed by atoms with Gasteiger partial charge in [-0.05, 0) is 69.0 Å². The molecular formula is C22H25N5O3. The molecule has 8 heteroatoms. The summed E-state index contributed by atoms with van der Waals surface area (Å²) in [5, 5.41) is 37.8. The van der Waals surface area contributed by atoms with Crippen molar-refractivity contribution in [2.45, 2.75) is 44.7 Å². The number of aryl methyl sites for hydroxylation is 2. The zero-order valence-electron chi connectivity index (χ0n) is 17.2. The van der Waals surface area contributed by atoms with Crippen molar-refractivity contribution in [2.24, 2.45) is 0 Å². The van der Waals surface area contributed by atoms with Crippen LogP contribution in [0.5, 0.6) is 5.75 Å². The Bertz CT molecular complexity index is 1010. The molecule has 0 bridgehead atoms. The first-order chi connectivity index (χ1) is 14.4. The van der Waals surface area contributed by atoms with Crippen molar-refractivity contribution < 1.29 is 15.0 Å². The molecule has 8 nitrogen and oxygen atoms in total. The first-order valence-electron chi connectivity index (χ1n) is 10.2. The van der Waals surface area contributed by atoms with Gasteiger partial charge < -0.3 is 15.1 Å². The summed E-state index contributed by atoms with van der Waals surface area (Å²) < 4.78 is 0. The number of fused-ring (bicyclic) bond motifs is 1. The third-order valence-corrected chi connectivity index (χ3v) is 6.20. The number of carboxylic acids is 1. The van der Waals surface area contributed by atoms with Crippen LogP contribution in [0.15, 0.2) is 18.2 Å². The summed E-state index contributed by atoms with van der Waals surface area (Å²) in [6, 6.07) is 6.99. The van der Waals surface area contributed by atoms with E-state index in [0.717, 1.165) is 42.8 Å². The molecule has 0 spiro atoms. The van der Waals surface area contributed by atoms with Crippen LogP contribution in [0.25, 0.3) is 11.3 Å². The summed E-state index contributed by atoms with van der Waals surface area (Å²) in [6.07, 6.45) is 3.29. The van der Waals surface area contributed by atoms with E-state index >= 15 is 0 Å². The largest absolute Gasteiger partial charge is 0.507 e. The van der Waals surface area contributed by atoms with Crippen molar-refractivity contribution in [3.63, 3.8) is 0 Å². The number of carboxylic acid groups (broad SMARTS) is 1. The number of aromatic hydroxyl groups is 1. The fraction of sp³-hybridized carbons (Fsp3) is 0.455. The molecule has 0 aliphatic carbocycles. The SMILES string of the molecule is Cc1cc(C#N)cc(O)c1-c1cc2c(nn1)N([C@H]1CC[C@@H](C(=O)O)N(C)C1)CCC2. The minimum atomic E-state index is -0.767. The maximum Gasteiger partial charge on any atom is 0.320 e. The molecule has 2 aromatic rings. The van der Waals surface area contributed by atoms with E-state index in [1.54, 1.807) is 6.07 Å². The monoisotopic (exact) mass is 407 g/mol. The minimum absolute atomic E-state index is 0.0297. The van der Waals surface area contributed by atoms with E-state index in [0.29, 0.717) is 29.8 Å². The molecule has 30 heavy (non-hydrogen) atoms. The highest BCUT2D eigenvalue weighted by molar-refractivity contribution is 5.74. The highest BCUT2D eigenvalue weighted by Gasteiger charge is 2.35. The van der Waals surface area contributed by atoms with Crippen molar-refractivity contribution in [1.82, 2.24) is 15.1 Å². The number of aliphatic carboxylic acids is 1. The van der Waals surface area contributed by atoms with Crippen LogP contribution in [-0.2, 0) is 11.2 Å². The van der Waals surface area contributed by atoms with E-state index in [2.05, 4.69) is 15.1 Å². The highest BCUT2D eigenvalue weighted by atomic mass is 16.4. The minimum Gasteiger partial charge on any atom is -0.507 e. The lowest BCUT2D eigenvalue weighted by atomic mass is 9.94. The second-order valence-electron chi connectivity index (χ2n) is 8.20. The standard InChI is InChI=1S/C22H25N5O3/c1-13-8-14(11-23)9-19(28)20(13)17-10-15-4-3-7-27(21(15)25-24-17)16-5-6-18(22(29)30)26(2)12-16/h8-10,16,18,28H,3-7,12H2,1-2H3,(H,29,30)/t16-,18-/m0/s1. The second-order valence-corrected chi connectivity index (χ2v) is 8.20. The Morgan fingerprint density at radius 3 is 2.73 bits per heavy atom. The third kappa shape index (κ3) is 3.57. The van der Waals surface area contributed by atoms with Gasteiger partial charge in [-0.2, -0.15) is 5.26 Å². The Hall–Kier alpha value is -3.18.